The first-order valence-electron chi connectivity index (χ1n) is 11.2. The molecule has 9 nitrogen and oxygen atoms in total. The number of carbonyl (C=O) groups excluding carboxylic acids is 1. The van der Waals surface area contributed by atoms with Gasteiger partial charge in [0, 0.05) is 7.05 Å². The van der Waals surface area contributed by atoms with Gasteiger partial charge in [-0.2, -0.15) is 0 Å². The molecule has 0 aromatic carbocycles. The van der Waals surface area contributed by atoms with Crippen LogP contribution in [0.2, 0.25) is 0 Å². The molecule has 0 aliphatic heterocycles. The molecule has 0 radical (unpaired) electrons. The third-order valence-corrected chi connectivity index (χ3v) is 5.61. The van der Waals surface area contributed by atoms with Crippen LogP contribution >= 0.6 is 0 Å². The Morgan fingerprint density at radius 2 is 2.06 bits per heavy atom. The monoisotopic (exact) mass is 444 g/mol. The van der Waals surface area contributed by atoms with Gasteiger partial charge < -0.3 is 14.6 Å². The number of carboxylic acids is 1. The molecule has 174 valence electrons. The third kappa shape index (κ3) is 5.83. The average molecular weight is 445 g/mol. The number of aryl methyl sites for hydroxylation is 2. The maximum Gasteiger partial charge on any atom is 0.311 e. The quantitative estimate of drug-likeness (QED) is 0.586. The van der Waals surface area contributed by atoms with Crippen LogP contribution in [0.4, 0.5) is 0 Å². The van der Waals surface area contributed by atoms with Gasteiger partial charge in [-0.3, -0.25) is 14.3 Å². The number of carbonyl (C=O) groups is 2. The van der Waals surface area contributed by atoms with Gasteiger partial charge in [-0.05, 0) is 50.2 Å². The van der Waals surface area contributed by atoms with Crippen molar-refractivity contribution in [3.05, 3.63) is 23.5 Å². The summed E-state index contributed by atoms with van der Waals surface area (Å²) in [6.45, 7) is 6.33. The van der Waals surface area contributed by atoms with Crippen molar-refractivity contribution in [2.45, 2.75) is 65.4 Å². The molecule has 0 unspecified atom stereocenters. The first kappa shape index (κ1) is 23.7. The molecule has 32 heavy (non-hydrogen) atoms. The first-order chi connectivity index (χ1) is 15.3. The Labute approximate surface area is 188 Å². The van der Waals surface area contributed by atoms with Crippen LogP contribution in [-0.2, 0) is 34.2 Å². The first-order valence-corrected chi connectivity index (χ1v) is 11.2. The van der Waals surface area contributed by atoms with Crippen LogP contribution in [0.25, 0.3) is 11.4 Å². The molecule has 1 fully saturated rings. The molecule has 0 amide bonds. The number of aliphatic carboxylic acids is 1. The second-order valence-corrected chi connectivity index (χ2v) is 8.70. The summed E-state index contributed by atoms with van der Waals surface area (Å²) in [4.78, 5) is 28.3. The van der Waals surface area contributed by atoms with Crippen LogP contribution in [0.3, 0.4) is 0 Å². The normalized spacial score (nSPS) is 18.5. The standard InChI is InChI=1S/C23H32N4O5/c1-5-17-20(32-16-8-6-7-15(11-16)23(29)30)10-9-18(24-17)22-19(27(4)26-25-22)12-21(28)31-13-14(2)3/h9-10,14-16H,5-8,11-13H2,1-4H3,(H,29,30)/t15-,16-/m0/s1. The van der Waals surface area contributed by atoms with E-state index in [1.54, 1.807) is 17.8 Å². The van der Waals surface area contributed by atoms with Crippen LogP contribution in [0.15, 0.2) is 12.1 Å². The summed E-state index contributed by atoms with van der Waals surface area (Å²) in [6, 6.07) is 3.65. The number of nitrogens with zero attached hydrogens (tertiary/aromatic N) is 4. The summed E-state index contributed by atoms with van der Waals surface area (Å²) in [7, 11) is 1.74. The van der Waals surface area contributed by atoms with E-state index in [-0.39, 0.29) is 30.3 Å². The van der Waals surface area contributed by atoms with Crippen LogP contribution in [-0.4, -0.2) is 49.7 Å². The fourth-order valence-corrected chi connectivity index (χ4v) is 3.86. The SMILES string of the molecule is CCc1nc(-c2nnn(C)c2CC(=O)OCC(C)C)ccc1O[C@H]1CCC[C@H](C(=O)O)C1. The number of rotatable bonds is 9. The van der Waals surface area contributed by atoms with Crippen molar-refractivity contribution in [2.75, 3.05) is 6.61 Å². The van der Waals surface area contributed by atoms with E-state index in [1.165, 1.54) is 0 Å². The van der Waals surface area contributed by atoms with E-state index < -0.39 is 5.97 Å². The van der Waals surface area contributed by atoms with E-state index in [0.29, 0.717) is 48.7 Å². The number of hydrogen-bond donors (Lipinski definition) is 1. The molecule has 2 aromatic rings. The molecule has 0 saturated heterocycles. The zero-order valence-corrected chi connectivity index (χ0v) is 19.2. The van der Waals surface area contributed by atoms with Gasteiger partial charge in [-0.15, -0.1) is 5.10 Å². The van der Waals surface area contributed by atoms with Gasteiger partial charge in [0.15, 0.2) is 0 Å². The maximum atomic E-state index is 12.3. The number of carboxylic acid groups (broad SMARTS) is 1. The van der Waals surface area contributed by atoms with Crippen LogP contribution in [0, 0.1) is 11.8 Å². The maximum absolute atomic E-state index is 12.3. The second-order valence-electron chi connectivity index (χ2n) is 8.70. The summed E-state index contributed by atoms with van der Waals surface area (Å²) in [6.07, 6.45) is 3.45. The van der Waals surface area contributed by atoms with Gasteiger partial charge in [0.1, 0.15) is 11.4 Å². The molecule has 2 heterocycles. The predicted molar refractivity (Wildman–Crippen MR) is 117 cm³/mol. The van der Waals surface area contributed by atoms with E-state index in [4.69, 9.17) is 14.5 Å². The predicted octanol–water partition coefficient (Wildman–Crippen LogP) is 3.20. The van der Waals surface area contributed by atoms with Gasteiger partial charge >= 0.3 is 11.9 Å². The minimum Gasteiger partial charge on any atom is -0.488 e. The number of esters is 1. The van der Waals surface area contributed by atoms with E-state index in [1.807, 2.05) is 26.8 Å². The summed E-state index contributed by atoms with van der Waals surface area (Å²) < 4.78 is 13.0. The highest BCUT2D eigenvalue weighted by Crippen LogP contribution is 2.31. The number of hydrogen-bond acceptors (Lipinski definition) is 7. The van der Waals surface area contributed by atoms with Crippen LogP contribution in [0.1, 0.15) is 57.8 Å². The summed E-state index contributed by atoms with van der Waals surface area (Å²) in [5, 5.41) is 17.6. The Balaban J connectivity index is 1.77. The Morgan fingerprint density at radius 3 is 2.75 bits per heavy atom. The molecule has 1 aliphatic rings. The van der Waals surface area contributed by atoms with E-state index in [2.05, 4.69) is 10.3 Å². The summed E-state index contributed by atoms with van der Waals surface area (Å²) in [5.41, 5.74) is 2.55. The van der Waals surface area contributed by atoms with Crippen molar-refractivity contribution >= 4 is 11.9 Å². The lowest BCUT2D eigenvalue weighted by Crippen LogP contribution is -2.29. The molecular formula is C23H32N4O5. The fourth-order valence-electron chi connectivity index (χ4n) is 3.86. The molecule has 1 saturated carbocycles. The van der Waals surface area contributed by atoms with Crippen molar-refractivity contribution in [1.29, 1.82) is 0 Å². The van der Waals surface area contributed by atoms with Gasteiger partial charge in [0.25, 0.3) is 0 Å². The van der Waals surface area contributed by atoms with E-state index in [0.717, 1.165) is 18.5 Å². The average Bonchev–Trinajstić information content (AvgIpc) is 3.12. The Morgan fingerprint density at radius 1 is 1.28 bits per heavy atom. The molecule has 1 N–H and O–H groups in total. The van der Waals surface area contributed by atoms with Crippen molar-refractivity contribution in [3.8, 4) is 17.1 Å². The minimum absolute atomic E-state index is 0.0611. The lowest BCUT2D eigenvalue weighted by atomic mass is 9.87. The van der Waals surface area contributed by atoms with Crippen LogP contribution in [0.5, 0.6) is 5.75 Å². The van der Waals surface area contributed by atoms with Crippen molar-refractivity contribution in [2.24, 2.45) is 18.9 Å². The lowest BCUT2D eigenvalue weighted by molar-refractivity contribution is -0.144. The van der Waals surface area contributed by atoms with Crippen LogP contribution < -0.4 is 4.74 Å². The number of aromatic nitrogens is 4. The molecule has 0 spiro atoms. The van der Waals surface area contributed by atoms with Gasteiger partial charge in [0.2, 0.25) is 0 Å². The molecule has 1 aliphatic carbocycles. The lowest BCUT2D eigenvalue weighted by Gasteiger charge is -2.28. The topological polar surface area (TPSA) is 116 Å². The minimum atomic E-state index is -0.760. The van der Waals surface area contributed by atoms with Crippen molar-refractivity contribution < 1.29 is 24.2 Å². The number of ether oxygens (including phenoxy) is 2. The highest BCUT2D eigenvalue weighted by molar-refractivity contribution is 5.75. The third-order valence-electron chi connectivity index (χ3n) is 5.61. The molecule has 9 heteroatoms. The van der Waals surface area contributed by atoms with Crippen molar-refractivity contribution in [3.63, 3.8) is 0 Å². The highest BCUT2D eigenvalue weighted by atomic mass is 16.5. The fraction of sp³-hybridized carbons (Fsp3) is 0.609. The smallest absolute Gasteiger partial charge is 0.311 e. The van der Waals surface area contributed by atoms with Crippen molar-refractivity contribution in [1.82, 2.24) is 20.0 Å². The molecule has 2 aromatic heterocycles. The largest absolute Gasteiger partial charge is 0.488 e. The molecular weight excluding hydrogens is 412 g/mol. The Hall–Kier alpha value is -2.97. The molecule has 0 bridgehead atoms. The summed E-state index contributed by atoms with van der Waals surface area (Å²) in [5.74, 6) is -0.520. The zero-order valence-electron chi connectivity index (χ0n) is 19.2. The van der Waals surface area contributed by atoms with E-state index >= 15 is 0 Å². The highest BCUT2D eigenvalue weighted by Gasteiger charge is 2.29. The Kier molecular flexibility index (Phi) is 7.82. The summed E-state index contributed by atoms with van der Waals surface area (Å²) >= 11 is 0. The number of pyridine rings is 1. The molecule has 2 atom stereocenters. The second kappa shape index (κ2) is 10.6. The Bertz CT molecular complexity index is 956. The van der Waals surface area contributed by atoms with Gasteiger partial charge in [0.05, 0.1) is 42.1 Å². The molecule has 3 rings (SSSR count). The zero-order chi connectivity index (χ0) is 23.3. The van der Waals surface area contributed by atoms with Gasteiger partial charge in [-0.1, -0.05) is 26.0 Å². The van der Waals surface area contributed by atoms with Gasteiger partial charge in [-0.25, -0.2) is 4.98 Å². The van der Waals surface area contributed by atoms with E-state index in [9.17, 15) is 14.7 Å².